The number of aliphatic imine (C=N–C) groups is 1. The van der Waals surface area contributed by atoms with Crippen LogP contribution in [0.4, 0.5) is 0 Å². The van der Waals surface area contributed by atoms with Gasteiger partial charge in [0.2, 0.25) is 0 Å². The summed E-state index contributed by atoms with van der Waals surface area (Å²) in [7, 11) is 0. The molecular weight excluding hydrogens is 384 g/mol. The second-order valence-electron chi connectivity index (χ2n) is 10.5. The summed E-state index contributed by atoms with van der Waals surface area (Å²) in [5.74, 6) is -0.346. The van der Waals surface area contributed by atoms with Gasteiger partial charge in [0.25, 0.3) is 5.91 Å². The van der Waals surface area contributed by atoms with Gasteiger partial charge in [-0.05, 0) is 46.1 Å². The summed E-state index contributed by atoms with van der Waals surface area (Å²) < 4.78 is 0. The van der Waals surface area contributed by atoms with Crippen molar-refractivity contribution < 1.29 is 9.90 Å². The molecule has 0 saturated heterocycles. The molecule has 1 amide bonds. The Morgan fingerprint density at radius 3 is 2.00 bits per heavy atom. The number of nitrogens with one attached hydrogen (secondary N) is 1. The number of hydrogen-bond acceptors (Lipinski definition) is 2. The van der Waals surface area contributed by atoms with Gasteiger partial charge in [-0.2, -0.15) is 0 Å². The van der Waals surface area contributed by atoms with Gasteiger partial charge in [0.15, 0.2) is 5.88 Å². The molecule has 0 saturated carbocycles. The zero-order chi connectivity index (χ0) is 22.7. The van der Waals surface area contributed by atoms with Crippen LogP contribution in [0.5, 0.6) is 5.88 Å². The number of H-pyrrole nitrogens is 1. The number of benzene rings is 2. The van der Waals surface area contributed by atoms with E-state index in [9.17, 15) is 9.90 Å². The van der Waals surface area contributed by atoms with Gasteiger partial charge in [0, 0.05) is 5.56 Å². The van der Waals surface area contributed by atoms with Crippen molar-refractivity contribution in [2.45, 2.75) is 59.3 Å². The van der Waals surface area contributed by atoms with Gasteiger partial charge in [-0.25, -0.2) is 4.99 Å². The zero-order valence-corrected chi connectivity index (χ0v) is 19.3. The van der Waals surface area contributed by atoms with E-state index in [1.54, 1.807) is 0 Å². The average molecular weight is 415 g/mol. The normalized spacial score (nSPS) is 14.0. The van der Waals surface area contributed by atoms with Crippen LogP contribution in [0.25, 0.3) is 11.3 Å². The number of aromatic hydroxyl groups is 1. The third-order valence-corrected chi connectivity index (χ3v) is 5.99. The molecule has 0 aliphatic carbocycles. The Hall–Kier alpha value is -3.14. The molecule has 0 radical (unpaired) electrons. The van der Waals surface area contributed by atoms with Gasteiger partial charge < -0.3 is 10.1 Å². The Labute approximate surface area is 184 Å². The minimum atomic E-state index is -0.325. The molecule has 3 aromatic rings. The first-order valence-corrected chi connectivity index (χ1v) is 10.7. The van der Waals surface area contributed by atoms with Crippen LogP contribution in [-0.2, 0) is 10.8 Å². The van der Waals surface area contributed by atoms with E-state index in [0.29, 0.717) is 22.5 Å². The highest BCUT2D eigenvalue weighted by Crippen LogP contribution is 2.39. The summed E-state index contributed by atoms with van der Waals surface area (Å²) in [6, 6.07) is 14.2. The maximum Gasteiger partial charge on any atom is 0.280 e. The molecule has 4 heteroatoms. The number of aryl methyl sites for hydroxylation is 1. The number of carbonyl (C=O) groups is 1. The van der Waals surface area contributed by atoms with Crippen LogP contribution in [0.1, 0.15) is 79.7 Å². The predicted molar refractivity (Wildman–Crippen MR) is 126 cm³/mol. The lowest BCUT2D eigenvalue weighted by atomic mass is 9.83. The maximum absolute atomic E-state index is 12.9. The van der Waals surface area contributed by atoms with Gasteiger partial charge in [-0.1, -0.05) is 77.9 Å². The van der Waals surface area contributed by atoms with E-state index in [1.807, 2.05) is 18.2 Å². The van der Waals surface area contributed by atoms with Crippen LogP contribution in [0.3, 0.4) is 0 Å². The van der Waals surface area contributed by atoms with Crippen molar-refractivity contribution >= 4 is 11.6 Å². The van der Waals surface area contributed by atoms with Crippen molar-refractivity contribution in [2.24, 2.45) is 4.99 Å². The Bertz CT molecular complexity index is 1210. The minimum absolute atomic E-state index is 0.0213. The molecule has 2 N–H and O–H groups in total. The summed E-state index contributed by atoms with van der Waals surface area (Å²) in [6.45, 7) is 15.1. The lowest BCUT2D eigenvalue weighted by Crippen LogP contribution is -2.12. The number of amides is 1. The van der Waals surface area contributed by atoms with Crippen molar-refractivity contribution in [3.05, 3.63) is 75.8 Å². The Morgan fingerprint density at radius 1 is 0.839 bits per heavy atom. The molecule has 0 fully saturated rings. The van der Waals surface area contributed by atoms with E-state index in [-0.39, 0.29) is 22.6 Å². The smallest absolute Gasteiger partial charge is 0.280 e. The van der Waals surface area contributed by atoms with Crippen molar-refractivity contribution in [3.8, 4) is 17.1 Å². The van der Waals surface area contributed by atoms with Crippen LogP contribution >= 0.6 is 0 Å². The molecule has 0 spiro atoms. The van der Waals surface area contributed by atoms with Gasteiger partial charge >= 0.3 is 0 Å². The summed E-state index contributed by atoms with van der Waals surface area (Å²) in [6.07, 6.45) is 0. The van der Waals surface area contributed by atoms with E-state index in [4.69, 9.17) is 0 Å². The third kappa shape index (κ3) is 3.60. The monoisotopic (exact) mass is 414 g/mol. The molecule has 0 bridgehead atoms. The number of rotatable bonds is 2. The molecule has 0 atom stereocenters. The van der Waals surface area contributed by atoms with Crippen LogP contribution in [0.2, 0.25) is 0 Å². The van der Waals surface area contributed by atoms with Gasteiger partial charge in [-0.3, -0.25) is 4.79 Å². The first-order valence-electron chi connectivity index (χ1n) is 10.7. The molecule has 1 aliphatic rings. The maximum atomic E-state index is 12.9. The second kappa shape index (κ2) is 6.94. The van der Waals surface area contributed by atoms with Crippen LogP contribution in [-0.4, -0.2) is 21.7 Å². The summed E-state index contributed by atoms with van der Waals surface area (Å²) in [5, 5.41) is 10.7. The van der Waals surface area contributed by atoms with Crippen LogP contribution in [0, 0.1) is 6.92 Å². The van der Waals surface area contributed by atoms with Crippen molar-refractivity contribution in [1.29, 1.82) is 0 Å². The van der Waals surface area contributed by atoms with Crippen LogP contribution in [0.15, 0.2) is 47.5 Å². The van der Waals surface area contributed by atoms with E-state index in [0.717, 1.165) is 16.7 Å². The molecule has 4 rings (SSSR count). The first-order chi connectivity index (χ1) is 14.4. The molecule has 2 aromatic carbocycles. The highest BCUT2D eigenvalue weighted by atomic mass is 16.3. The first kappa shape index (κ1) is 21.1. The molecule has 4 nitrogen and oxygen atoms in total. The Morgan fingerprint density at radius 2 is 1.45 bits per heavy atom. The highest BCUT2D eigenvalue weighted by Gasteiger charge is 2.33. The third-order valence-electron chi connectivity index (χ3n) is 5.99. The predicted octanol–water partition coefficient (Wildman–Crippen LogP) is 6.28. The number of fused-ring (bicyclic) bond motifs is 1. The quantitative estimate of drug-likeness (QED) is 0.518. The molecule has 1 aromatic heterocycles. The number of aromatic nitrogens is 1. The fraction of sp³-hybridized carbons (Fsp3) is 0.333. The summed E-state index contributed by atoms with van der Waals surface area (Å²) in [5.41, 5.74) is 7.43. The second-order valence-corrected chi connectivity index (χ2v) is 10.5. The summed E-state index contributed by atoms with van der Waals surface area (Å²) in [4.78, 5) is 20.2. The van der Waals surface area contributed by atoms with E-state index in [1.165, 1.54) is 11.1 Å². The highest BCUT2D eigenvalue weighted by molar-refractivity contribution is 6.30. The molecule has 31 heavy (non-hydrogen) atoms. The number of aromatic amines is 1. The molecule has 1 aliphatic heterocycles. The van der Waals surface area contributed by atoms with Crippen molar-refractivity contribution in [3.63, 3.8) is 0 Å². The van der Waals surface area contributed by atoms with Gasteiger partial charge in [-0.15, -0.1) is 0 Å². The fourth-order valence-electron chi connectivity index (χ4n) is 4.36. The lowest BCUT2D eigenvalue weighted by Gasteiger charge is -2.22. The molecule has 160 valence electrons. The van der Waals surface area contributed by atoms with Gasteiger partial charge in [0.1, 0.15) is 0 Å². The van der Waals surface area contributed by atoms with Crippen LogP contribution < -0.4 is 0 Å². The Balaban J connectivity index is 1.78. The molecule has 2 heterocycles. The average Bonchev–Trinajstić information content (AvgIpc) is 3.19. The topological polar surface area (TPSA) is 65.4 Å². The van der Waals surface area contributed by atoms with Crippen molar-refractivity contribution in [1.82, 2.24) is 4.98 Å². The fourth-order valence-corrected chi connectivity index (χ4v) is 4.36. The lowest BCUT2D eigenvalue weighted by molar-refractivity contribution is 0.101. The van der Waals surface area contributed by atoms with E-state index >= 15 is 0 Å². The Kier molecular flexibility index (Phi) is 4.73. The van der Waals surface area contributed by atoms with E-state index < -0.39 is 0 Å². The van der Waals surface area contributed by atoms with Crippen molar-refractivity contribution in [2.75, 3.05) is 0 Å². The number of carbonyl (C=O) groups excluding carboxylic acids is 1. The zero-order valence-electron chi connectivity index (χ0n) is 19.3. The summed E-state index contributed by atoms with van der Waals surface area (Å²) >= 11 is 0. The largest absolute Gasteiger partial charge is 0.494 e. The SMILES string of the molecule is Cc1cc(-c2[nH]c(O)c3c2C(=O)N=C3c2ccc(C(C)(C)C)cc2)ccc1C(C)(C)C. The number of hydrogen-bond donors (Lipinski definition) is 2. The standard InChI is InChI=1S/C27H30N2O2/c1-15-14-17(10-13-19(15)27(5,6)7)23-21-20(24(30)29-23)22(28-25(21)31)16-8-11-18(12-9-16)26(2,3)4/h8-14,29-30H,1-7H3. The molecule has 0 unspecified atom stereocenters. The number of nitrogens with zero attached hydrogens (tertiary/aromatic N) is 1. The minimum Gasteiger partial charge on any atom is -0.494 e. The van der Waals surface area contributed by atoms with Gasteiger partial charge in [0.05, 0.1) is 22.5 Å². The van der Waals surface area contributed by atoms with E-state index in [2.05, 4.69) is 82.7 Å². The molecular formula is C27H30N2O2.